The molecule has 13 nitrogen and oxygen atoms in total. The molecule has 0 bridgehead atoms. The third kappa shape index (κ3) is 12.7. The van der Waals surface area contributed by atoms with Crippen molar-refractivity contribution in [1.29, 1.82) is 0 Å². The number of rotatable bonds is 18. The van der Waals surface area contributed by atoms with E-state index in [1.807, 2.05) is 53.8 Å². The van der Waals surface area contributed by atoms with Gasteiger partial charge in [0.05, 0.1) is 34.3 Å². The number of ether oxygens (including phenoxy) is 1. The van der Waals surface area contributed by atoms with E-state index in [-0.39, 0.29) is 36.1 Å². The number of unbranched alkanes of at least 4 members (excludes halogenated alkanes) is 3. The summed E-state index contributed by atoms with van der Waals surface area (Å²) in [6.45, 7) is 0.792. The molecule has 5 aromatic carbocycles. The largest absolute Gasteiger partial charge is 0.487 e. The Labute approximate surface area is 387 Å². The number of H-pyrrole nitrogens is 1. The van der Waals surface area contributed by atoms with Crippen molar-refractivity contribution in [3.05, 3.63) is 161 Å². The number of alkyl halides is 6. The lowest BCUT2D eigenvalue weighted by Gasteiger charge is -2.20. The van der Waals surface area contributed by atoms with Crippen molar-refractivity contribution in [3.63, 3.8) is 0 Å². The van der Waals surface area contributed by atoms with Crippen LogP contribution in [0.2, 0.25) is 0 Å². The van der Waals surface area contributed by atoms with Crippen LogP contribution in [0.3, 0.4) is 0 Å². The van der Waals surface area contributed by atoms with Crippen molar-refractivity contribution < 1.29 is 59.0 Å². The average molecular weight is 961 g/mol. The molecule has 7 aromatic rings. The molecule has 0 radical (unpaired) electrons. The number of nitrogens with zero attached hydrogens (tertiary/aromatic N) is 3. The first kappa shape index (κ1) is 48.8. The number of para-hydroxylation sites is 1. The standard InChI is InChI=1S/C48H40F8N8O5/c49-32-16-19-39(37(50)25-32)60-44(66)42(61-46(68)58-33-23-30(47(51,52)53)22-31(24-33)48(54,55)56)29-14-17-35(18-15-29)69-27-34-26-64(63-62-34)21-9-2-1-8-20-57-45(67)43(65)40-36-12-6-7-13-38(36)59-41(40)28-10-4-3-5-11-28/h3-7,10-19,22-26,42,59H,1-2,8-9,20-21,27H2,(H,57,67)(H,60,66)(H2,58,61,68)/t42-/m1/s1. The SMILES string of the molecule is O=C(Nc1cc(C(F)(F)F)cc(C(F)(F)F)c1)N[C@@H](C(=O)Nc1ccc(F)cc1F)c1ccc(OCc2cn(CCCCCCNC(=O)C(=O)c3c(-c4ccccc4)[nH]c4ccccc34)nn2)cc1. The van der Waals surface area contributed by atoms with E-state index in [9.17, 15) is 54.3 Å². The van der Waals surface area contributed by atoms with E-state index in [1.165, 1.54) is 24.3 Å². The van der Waals surface area contributed by atoms with E-state index in [4.69, 9.17) is 4.74 Å². The van der Waals surface area contributed by atoms with Gasteiger partial charge in [-0.25, -0.2) is 13.6 Å². The molecule has 0 aliphatic carbocycles. The highest BCUT2D eigenvalue weighted by molar-refractivity contribution is 6.46. The van der Waals surface area contributed by atoms with Gasteiger partial charge in [-0.15, -0.1) is 5.10 Å². The van der Waals surface area contributed by atoms with Gasteiger partial charge in [0.1, 0.15) is 35.7 Å². The number of aromatic nitrogens is 4. The molecule has 5 N–H and O–H groups in total. The Morgan fingerprint density at radius 2 is 1.42 bits per heavy atom. The normalized spacial score (nSPS) is 12.1. The molecule has 21 heteroatoms. The highest BCUT2D eigenvalue weighted by Crippen LogP contribution is 2.38. The Morgan fingerprint density at radius 3 is 2.12 bits per heavy atom. The van der Waals surface area contributed by atoms with E-state index in [0.717, 1.165) is 42.5 Å². The van der Waals surface area contributed by atoms with Gasteiger partial charge in [0.2, 0.25) is 0 Å². The minimum absolute atomic E-state index is 0.0159. The molecule has 358 valence electrons. The Hall–Kier alpha value is -8.10. The zero-order valence-electron chi connectivity index (χ0n) is 36.0. The quantitative estimate of drug-likeness (QED) is 0.0246. The third-order valence-corrected chi connectivity index (χ3v) is 10.6. The number of fused-ring (bicyclic) bond motifs is 1. The minimum Gasteiger partial charge on any atom is -0.487 e. The molecule has 2 aromatic heterocycles. The molecule has 0 spiro atoms. The van der Waals surface area contributed by atoms with Crippen LogP contribution in [0.5, 0.6) is 5.75 Å². The van der Waals surface area contributed by atoms with Crippen LogP contribution in [0.15, 0.2) is 121 Å². The lowest BCUT2D eigenvalue weighted by Crippen LogP contribution is -2.39. The minimum atomic E-state index is -5.21. The maximum absolute atomic E-state index is 14.5. The molecular formula is C48H40F8N8O5. The fourth-order valence-electron chi connectivity index (χ4n) is 7.20. The van der Waals surface area contributed by atoms with Crippen LogP contribution >= 0.6 is 0 Å². The van der Waals surface area contributed by atoms with Crippen LogP contribution in [-0.4, -0.2) is 50.2 Å². The van der Waals surface area contributed by atoms with Crippen LogP contribution in [0.4, 0.5) is 51.3 Å². The number of nitrogens with one attached hydrogen (secondary N) is 5. The summed E-state index contributed by atoms with van der Waals surface area (Å²) in [6.07, 6.45) is -5.81. The summed E-state index contributed by atoms with van der Waals surface area (Å²) in [7, 11) is 0. The Morgan fingerprint density at radius 1 is 0.739 bits per heavy atom. The van der Waals surface area contributed by atoms with Crippen LogP contribution in [0.25, 0.3) is 22.2 Å². The molecule has 1 atom stereocenters. The van der Waals surface area contributed by atoms with Crippen molar-refractivity contribution in [1.82, 2.24) is 30.6 Å². The monoisotopic (exact) mass is 960 g/mol. The second kappa shape index (κ2) is 21.2. The van der Waals surface area contributed by atoms with Gasteiger partial charge in [-0.05, 0) is 72.5 Å². The van der Waals surface area contributed by atoms with Gasteiger partial charge >= 0.3 is 18.4 Å². The Balaban J connectivity index is 0.896. The summed E-state index contributed by atoms with van der Waals surface area (Å²) in [6, 6.07) is 21.6. The molecular weight excluding hydrogens is 921 g/mol. The number of carbonyl (C=O) groups excluding carboxylic acids is 4. The zero-order valence-corrected chi connectivity index (χ0v) is 36.0. The second-order valence-electron chi connectivity index (χ2n) is 15.6. The summed E-state index contributed by atoms with van der Waals surface area (Å²) in [5.74, 6) is -4.31. The fourth-order valence-corrected chi connectivity index (χ4v) is 7.20. The van der Waals surface area contributed by atoms with Crippen molar-refractivity contribution in [2.75, 3.05) is 17.2 Å². The van der Waals surface area contributed by atoms with E-state index in [0.29, 0.717) is 47.9 Å². The van der Waals surface area contributed by atoms with Crippen LogP contribution in [0, 0.1) is 11.6 Å². The molecule has 7 rings (SSSR count). The Kier molecular flexibility index (Phi) is 15.0. The van der Waals surface area contributed by atoms with Crippen LogP contribution in [0.1, 0.15) is 64.5 Å². The molecule has 0 unspecified atom stereocenters. The lowest BCUT2D eigenvalue weighted by atomic mass is 10.0. The van der Waals surface area contributed by atoms with Crippen molar-refractivity contribution in [3.8, 4) is 17.0 Å². The smallest absolute Gasteiger partial charge is 0.416 e. The molecule has 69 heavy (non-hydrogen) atoms. The predicted molar refractivity (Wildman–Crippen MR) is 237 cm³/mol. The average Bonchev–Trinajstić information content (AvgIpc) is 3.95. The maximum atomic E-state index is 14.5. The number of anilines is 2. The van der Waals surface area contributed by atoms with Crippen molar-refractivity contribution in [2.24, 2.45) is 0 Å². The van der Waals surface area contributed by atoms with Gasteiger partial charge in [0.25, 0.3) is 17.6 Å². The summed E-state index contributed by atoms with van der Waals surface area (Å²) in [4.78, 5) is 56.1. The number of urea groups is 1. The molecule has 0 saturated carbocycles. The van der Waals surface area contributed by atoms with E-state index >= 15 is 0 Å². The Bertz CT molecular complexity index is 2920. The van der Waals surface area contributed by atoms with Crippen LogP contribution in [-0.2, 0) is 35.1 Å². The highest BCUT2D eigenvalue weighted by atomic mass is 19.4. The summed E-state index contributed by atoms with van der Waals surface area (Å²) in [5, 5.41) is 17.9. The summed E-state index contributed by atoms with van der Waals surface area (Å²) in [5.41, 5.74) is -1.88. The molecule has 0 fully saturated rings. The van der Waals surface area contributed by atoms with Gasteiger partial charge in [-0.1, -0.05) is 78.7 Å². The molecule has 4 amide bonds. The number of ketones is 1. The number of carbonyl (C=O) groups is 4. The maximum Gasteiger partial charge on any atom is 0.416 e. The highest BCUT2D eigenvalue weighted by Gasteiger charge is 2.37. The first-order valence-corrected chi connectivity index (χ1v) is 21.2. The van der Waals surface area contributed by atoms with E-state index in [1.54, 1.807) is 16.9 Å². The van der Waals surface area contributed by atoms with Gasteiger partial charge in [-0.3, -0.25) is 19.1 Å². The van der Waals surface area contributed by atoms with E-state index < -0.39 is 76.2 Å². The topological polar surface area (TPSA) is 172 Å². The summed E-state index contributed by atoms with van der Waals surface area (Å²) < 4.78 is 116. The fraction of sp³-hybridized carbons (Fsp3) is 0.208. The van der Waals surface area contributed by atoms with Gasteiger partial charge in [0, 0.05) is 35.7 Å². The number of benzene rings is 5. The molecule has 0 aliphatic heterocycles. The van der Waals surface area contributed by atoms with Crippen molar-refractivity contribution >= 4 is 45.9 Å². The number of hydrogen-bond donors (Lipinski definition) is 5. The predicted octanol–water partition coefficient (Wildman–Crippen LogP) is 10.4. The molecule has 2 heterocycles. The number of halogens is 8. The number of hydrogen-bond acceptors (Lipinski definition) is 7. The number of amides is 4. The van der Waals surface area contributed by atoms with Gasteiger partial charge in [-0.2, -0.15) is 26.3 Å². The van der Waals surface area contributed by atoms with E-state index in [2.05, 4.69) is 31.2 Å². The summed E-state index contributed by atoms with van der Waals surface area (Å²) >= 11 is 0. The number of aryl methyl sites for hydroxylation is 1. The first-order chi connectivity index (χ1) is 32.9. The third-order valence-electron chi connectivity index (χ3n) is 10.6. The number of Topliss-reactive ketones (excluding diaryl/α,β-unsaturated/α-hetero) is 1. The van der Waals surface area contributed by atoms with Gasteiger partial charge in [0.15, 0.2) is 0 Å². The first-order valence-electron chi connectivity index (χ1n) is 21.2. The molecule has 0 saturated heterocycles. The second-order valence-corrected chi connectivity index (χ2v) is 15.6. The van der Waals surface area contributed by atoms with Gasteiger partial charge < -0.3 is 31.0 Å². The zero-order chi connectivity index (χ0) is 49.3. The lowest BCUT2D eigenvalue weighted by molar-refractivity contribution is -0.143. The van der Waals surface area contributed by atoms with Crippen LogP contribution < -0.4 is 26.0 Å². The molecule has 0 aliphatic rings. The van der Waals surface area contributed by atoms with Crippen molar-refractivity contribution in [2.45, 2.75) is 57.2 Å². The number of aromatic amines is 1.